The zero-order chi connectivity index (χ0) is 10.9. The van der Waals surface area contributed by atoms with Crippen LogP contribution in [-0.4, -0.2) is 13.2 Å². The van der Waals surface area contributed by atoms with Crippen molar-refractivity contribution in [3.05, 3.63) is 30.0 Å². The number of hydrogen-bond donors (Lipinski definition) is 0. The van der Waals surface area contributed by atoms with Crippen LogP contribution in [0.3, 0.4) is 0 Å². The molecule has 2 aromatic rings. The maximum absolute atomic E-state index is 5.08. The molecule has 0 saturated heterocycles. The van der Waals surface area contributed by atoms with E-state index in [1.807, 2.05) is 18.2 Å². The van der Waals surface area contributed by atoms with Gasteiger partial charge in [0.2, 0.25) is 0 Å². The van der Waals surface area contributed by atoms with Crippen molar-refractivity contribution in [1.82, 2.24) is 5.16 Å². The molecule has 0 aliphatic carbocycles. The van der Waals surface area contributed by atoms with Crippen molar-refractivity contribution >= 4 is 19.0 Å². The number of benzene rings is 1. The van der Waals surface area contributed by atoms with Gasteiger partial charge in [0.1, 0.15) is 8.07 Å². The van der Waals surface area contributed by atoms with Crippen LogP contribution in [-0.2, 0) is 0 Å². The highest BCUT2D eigenvalue weighted by atomic mass is 28.3. The van der Waals surface area contributed by atoms with Crippen LogP contribution in [0.25, 0.3) is 11.0 Å². The summed E-state index contributed by atoms with van der Waals surface area (Å²) in [5, 5.41) is 4.76. The smallest absolute Gasteiger partial charge is 0.168 e. The molecular formula is C12H13NOSi. The van der Waals surface area contributed by atoms with Crippen LogP contribution in [0.4, 0.5) is 0 Å². The molecule has 76 valence electrons. The number of aromatic nitrogens is 1. The zero-order valence-electron chi connectivity index (χ0n) is 9.16. The molecule has 1 heterocycles. The molecule has 3 heteroatoms. The summed E-state index contributed by atoms with van der Waals surface area (Å²) in [6.45, 7) is 6.69. The molecule has 0 radical (unpaired) electrons. The van der Waals surface area contributed by atoms with Crippen LogP contribution in [0.5, 0.6) is 0 Å². The van der Waals surface area contributed by atoms with Gasteiger partial charge >= 0.3 is 0 Å². The minimum atomic E-state index is -1.30. The van der Waals surface area contributed by atoms with Crippen molar-refractivity contribution in [3.63, 3.8) is 0 Å². The van der Waals surface area contributed by atoms with Gasteiger partial charge in [0.15, 0.2) is 5.58 Å². The Morgan fingerprint density at radius 2 is 2.07 bits per heavy atom. The number of rotatable bonds is 0. The Balaban J connectivity index is 2.39. The van der Waals surface area contributed by atoms with E-state index >= 15 is 0 Å². The van der Waals surface area contributed by atoms with Gasteiger partial charge in [0.25, 0.3) is 0 Å². The molecule has 0 amide bonds. The van der Waals surface area contributed by atoms with Crippen molar-refractivity contribution in [3.8, 4) is 11.5 Å². The largest absolute Gasteiger partial charge is 0.356 e. The summed E-state index contributed by atoms with van der Waals surface area (Å²) in [6.07, 6.45) is 1.71. The highest BCUT2D eigenvalue weighted by molar-refractivity contribution is 6.83. The molecule has 1 aromatic carbocycles. The highest BCUT2D eigenvalue weighted by Gasteiger charge is 2.07. The van der Waals surface area contributed by atoms with Crippen molar-refractivity contribution in [1.29, 1.82) is 0 Å². The molecule has 1 aromatic heterocycles. The average molecular weight is 215 g/mol. The molecule has 0 atom stereocenters. The summed E-state index contributed by atoms with van der Waals surface area (Å²) in [5.74, 6) is 3.19. The normalized spacial score (nSPS) is 11.1. The maximum Gasteiger partial charge on any atom is 0.168 e. The highest BCUT2D eigenvalue weighted by Crippen LogP contribution is 2.14. The van der Waals surface area contributed by atoms with E-state index in [2.05, 4.69) is 36.3 Å². The molecular weight excluding hydrogens is 202 g/mol. The Morgan fingerprint density at radius 3 is 2.80 bits per heavy atom. The summed E-state index contributed by atoms with van der Waals surface area (Å²) < 4.78 is 5.08. The van der Waals surface area contributed by atoms with E-state index in [0.717, 1.165) is 16.5 Å². The topological polar surface area (TPSA) is 26.0 Å². The van der Waals surface area contributed by atoms with E-state index in [1.165, 1.54) is 0 Å². The van der Waals surface area contributed by atoms with Gasteiger partial charge in [-0.05, 0) is 18.2 Å². The standard InChI is InChI=1S/C12H13NOSi/c1-15(2,3)7-6-10-4-5-11-9-13-14-12(11)8-10/h4-5,8-9H,1-3H3. The molecule has 0 fully saturated rings. The summed E-state index contributed by atoms with van der Waals surface area (Å²) in [6, 6.07) is 5.93. The first kappa shape index (κ1) is 10.0. The summed E-state index contributed by atoms with van der Waals surface area (Å²) >= 11 is 0. The predicted molar refractivity (Wildman–Crippen MR) is 64.2 cm³/mol. The number of fused-ring (bicyclic) bond motifs is 1. The summed E-state index contributed by atoms with van der Waals surface area (Å²) in [5.41, 5.74) is 5.13. The van der Waals surface area contributed by atoms with Crippen LogP contribution in [0.15, 0.2) is 28.9 Å². The van der Waals surface area contributed by atoms with Crippen LogP contribution in [0, 0.1) is 11.5 Å². The fraction of sp³-hybridized carbons (Fsp3) is 0.250. The molecule has 2 nitrogen and oxygen atoms in total. The van der Waals surface area contributed by atoms with E-state index in [4.69, 9.17) is 4.52 Å². The molecule has 2 rings (SSSR count). The fourth-order valence-corrected chi connectivity index (χ4v) is 1.72. The lowest BCUT2D eigenvalue weighted by molar-refractivity contribution is 0.456. The minimum absolute atomic E-state index is 0.803. The van der Waals surface area contributed by atoms with Crippen molar-refractivity contribution in [2.75, 3.05) is 0 Å². The zero-order valence-corrected chi connectivity index (χ0v) is 10.2. The third-order valence-electron chi connectivity index (χ3n) is 1.94. The van der Waals surface area contributed by atoms with Gasteiger partial charge in [-0.1, -0.05) is 30.7 Å². The molecule has 0 N–H and O–H groups in total. The number of nitrogens with zero attached hydrogens (tertiary/aromatic N) is 1. The lowest BCUT2D eigenvalue weighted by Gasteiger charge is -2.03. The fourth-order valence-electron chi connectivity index (χ4n) is 1.20. The average Bonchev–Trinajstić information content (AvgIpc) is 2.60. The van der Waals surface area contributed by atoms with Gasteiger partial charge in [-0.3, -0.25) is 0 Å². The minimum Gasteiger partial charge on any atom is -0.356 e. The molecule has 0 bridgehead atoms. The third-order valence-corrected chi connectivity index (χ3v) is 2.81. The van der Waals surface area contributed by atoms with E-state index in [0.29, 0.717) is 0 Å². The van der Waals surface area contributed by atoms with Gasteiger partial charge in [0.05, 0.1) is 6.20 Å². The van der Waals surface area contributed by atoms with Gasteiger partial charge in [-0.15, -0.1) is 5.54 Å². The van der Waals surface area contributed by atoms with E-state index in [1.54, 1.807) is 6.20 Å². The second-order valence-corrected chi connectivity index (χ2v) is 9.33. The van der Waals surface area contributed by atoms with Gasteiger partial charge in [0, 0.05) is 10.9 Å². The summed E-state index contributed by atoms with van der Waals surface area (Å²) in [4.78, 5) is 0. The quantitative estimate of drug-likeness (QED) is 0.498. The first-order valence-corrected chi connectivity index (χ1v) is 8.42. The van der Waals surface area contributed by atoms with Crippen molar-refractivity contribution < 1.29 is 4.52 Å². The van der Waals surface area contributed by atoms with E-state index in [-0.39, 0.29) is 0 Å². The first-order chi connectivity index (χ1) is 7.04. The van der Waals surface area contributed by atoms with Gasteiger partial charge in [-0.2, -0.15) is 0 Å². The van der Waals surface area contributed by atoms with Crippen LogP contribution in [0.2, 0.25) is 19.6 Å². The van der Waals surface area contributed by atoms with Crippen LogP contribution < -0.4 is 0 Å². The molecule has 0 aliphatic rings. The Morgan fingerprint density at radius 1 is 1.27 bits per heavy atom. The third kappa shape index (κ3) is 2.48. The Bertz CT molecular complexity index is 540. The molecule has 0 spiro atoms. The lowest BCUT2D eigenvalue weighted by atomic mass is 10.2. The van der Waals surface area contributed by atoms with Crippen LogP contribution in [0.1, 0.15) is 5.56 Å². The predicted octanol–water partition coefficient (Wildman–Crippen LogP) is 3.06. The van der Waals surface area contributed by atoms with Gasteiger partial charge in [-0.25, -0.2) is 0 Å². The van der Waals surface area contributed by atoms with E-state index in [9.17, 15) is 0 Å². The second-order valence-electron chi connectivity index (χ2n) is 4.58. The SMILES string of the molecule is C[Si](C)(C)C#Cc1ccc2cnoc2c1. The Hall–Kier alpha value is -1.53. The Kier molecular flexibility index (Phi) is 2.37. The molecule has 15 heavy (non-hydrogen) atoms. The lowest BCUT2D eigenvalue weighted by Crippen LogP contribution is -2.16. The monoisotopic (exact) mass is 215 g/mol. The van der Waals surface area contributed by atoms with Crippen molar-refractivity contribution in [2.45, 2.75) is 19.6 Å². The first-order valence-electron chi connectivity index (χ1n) is 4.92. The molecule has 0 saturated carbocycles. The molecule has 0 unspecified atom stereocenters. The van der Waals surface area contributed by atoms with E-state index < -0.39 is 8.07 Å². The van der Waals surface area contributed by atoms with Crippen molar-refractivity contribution in [2.24, 2.45) is 0 Å². The Labute approximate surface area is 90.3 Å². The molecule has 0 aliphatic heterocycles. The summed E-state index contributed by atoms with van der Waals surface area (Å²) in [7, 11) is -1.30. The van der Waals surface area contributed by atoms with Crippen LogP contribution >= 0.6 is 0 Å². The maximum atomic E-state index is 5.08. The number of hydrogen-bond acceptors (Lipinski definition) is 2. The second kappa shape index (κ2) is 3.56. The van der Waals surface area contributed by atoms with Gasteiger partial charge < -0.3 is 4.52 Å².